The van der Waals surface area contributed by atoms with Gasteiger partial charge in [0.15, 0.2) is 0 Å². The summed E-state index contributed by atoms with van der Waals surface area (Å²) in [7, 11) is 0. The molecule has 1 unspecified atom stereocenters. The molecule has 0 aliphatic rings. The van der Waals surface area contributed by atoms with Gasteiger partial charge >= 0.3 is 6.18 Å². The molecule has 1 aromatic rings. The van der Waals surface area contributed by atoms with Crippen LogP contribution in [0.4, 0.5) is 17.6 Å². The third-order valence-electron chi connectivity index (χ3n) is 3.31. The highest BCUT2D eigenvalue weighted by atomic mass is 19.4. The van der Waals surface area contributed by atoms with Crippen LogP contribution in [0.3, 0.4) is 0 Å². The van der Waals surface area contributed by atoms with Gasteiger partial charge < -0.3 is 0 Å². The first-order valence-corrected chi connectivity index (χ1v) is 6.76. The van der Waals surface area contributed by atoms with Gasteiger partial charge in [0.05, 0.1) is 5.56 Å². The van der Waals surface area contributed by atoms with E-state index in [4.69, 9.17) is 0 Å². The van der Waals surface area contributed by atoms with Crippen LogP contribution in [-0.2, 0) is 6.18 Å². The van der Waals surface area contributed by atoms with Crippen molar-refractivity contribution in [3.63, 3.8) is 0 Å². The molecule has 1 atom stereocenters. The fourth-order valence-corrected chi connectivity index (χ4v) is 2.29. The highest BCUT2D eigenvalue weighted by Crippen LogP contribution is 2.35. The van der Waals surface area contributed by atoms with E-state index in [-0.39, 0.29) is 5.92 Å². The molecule has 0 nitrogen and oxygen atoms in total. The second-order valence-electron chi connectivity index (χ2n) is 4.86. The fraction of sp³-hybridized carbons (Fsp3) is 0.600. The van der Waals surface area contributed by atoms with Crippen molar-refractivity contribution in [2.24, 2.45) is 0 Å². The van der Waals surface area contributed by atoms with Crippen LogP contribution in [0.15, 0.2) is 18.2 Å². The molecule has 0 aliphatic heterocycles. The lowest BCUT2D eigenvalue weighted by molar-refractivity contribution is -0.140. The van der Waals surface area contributed by atoms with Gasteiger partial charge in [0, 0.05) is 0 Å². The summed E-state index contributed by atoms with van der Waals surface area (Å²) in [4.78, 5) is 0. The van der Waals surface area contributed by atoms with Gasteiger partial charge in [-0.2, -0.15) is 13.2 Å². The van der Waals surface area contributed by atoms with E-state index in [1.807, 2.05) is 6.92 Å². The highest BCUT2D eigenvalue weighted by Gasteiger charge is 2.34. The quantitative estimate of drug-likeness (QED) is 0.566. The lowest BCUT2D eigenvalue weighted by atomic mass is 9.88. The Morgan fingerprint density at radius 2 is 1.74 bits per heavy atom. The number of rotatable bonds is 6. The Bertz CT molecular complexity index is 396. The molecule has 0 aromatic heterocycles. The van der Waals surface area contributed by atoms with Crippen molar-refractivity contribution in [3.05, 3.63) is 35.1 Å². The Balaban J connectivity index is 3.03. The Kier molecular flexibility index (Phi) is 5.83. The lowest BCUT2D eigenvalue weighted by Gasteiger charge is -2.18. The van der Waals surface area contributed by atoms with Gasteiger partial charge in [-0.25, -0.2) is 4.39 Å². The van der Waals surface area contributed by atoms with Gasteiger partial charge in [-0.15, -0.1) is 0 Å². The maximum absolute atomic E-state index is 13.2. The highest BCUT2D eigenvalue weighted by molar-refractivity contribution is 5.29. The van der Waals surface area contributed by atoms with Gasteiger partial charge in [-0.3, -0.25) is 0 Å². The second-order valence-corrected chi connectivity index (χ2v) is 4.86. The summed E-state index contributed by atoms with van der Waals surface area (Å²) in [5, 5.41) is 0. The van der Waals surface area contributed by atoms with Crippen LogP contribution in [0.25, 0.3) is 0 Å². The van der Waals surface area contributed by atoms with E-state index < -0.39 is 17.6 Å². The molecule has 0 saturated carbocycles. The maximum Gasteiger partial charge on any atom is 0.419 e. The number of benzene rings is 1. The molecule has 0 aliphatic carbocycles. The molecule has 1 aromatic carbocycles. The zero-order chi connectivity index (χ0) is 14.5. The second kappa shape index (κ2) is 6.92. The molecule has 0 amide bonds. The minimum absolute atomic E-state index is 0.0895. The predicted octanol–water partition coefficient (Wildman–Crippen LogP) is 5.92. The summed E-state index contributed by atoms with van der Waals surface area (Å²) in [6, 6.07) is 3.40. The van der Waals surface area contributed by atoms with Gasteiger partial charge in [0.1, 0.15) is 5.82 Å². The molecule has 0 fully saturated rings. The third kappa shape index (κ3) is 4.51. The average molecular weight is 276 g/mol. The van der Waals surface area contributed by atoms with Crippen LogP contribution < -0.4 is 0 Å². The Morgan fingerprint density at radius 1 is 1.05 bits per heavy atom. The van der Waals surface area contributed by atoms with Gasteiger partial charge in [-0.05, 0) is 36.5 Å². The lowest BCUT2D eigenvalue weighted by Crippen LogP contribution is -2.10. The Labute approximate surface area is 111 Å². The zero-order valence-corrected chi connectivity index (χ0v) is 11.4. The molecular weight excluding hydrogens is 256 g/mol. The van der Waals surface area contributed by atoms with Gasteiger partial charge in [0.2, 0.25) is 0 Å². The molecule has 0 radical (unpaired) electrons. The number of hydrogen-bond donors (Lipinski definition) is 0. The van der Waals surface area contributed by atoms with Gasteiger partial charge in [-0.1, -0.05) is 39.2 Å². The molecule has 0 saturated heterocycles. The van der Waals surface area contributed by atoms with Crippen LogP contribution in [0, 0.1) is 5.82 Å². The monoisotopic (exact) mass is 276 g/mol. The van der Waals surface area contributed by atoms with E-state index in [1.165, 1.54) is 6.07 Å². The van der Waals surface area contributed by atoms with E-state index in [2.05, 4.69) is 6.92 Å². The summed E-state index contributed by atoms with van der Waals surface area (Å²) >= 11 is 0. The predicted molar refractivity (Wildman–Crippen MR) is 68.6 cm³/mol. The minimum atomic E-state index is -4.62. The maximum atomic E-state index is 13.2. The molecule has 1 rings (SSSR count). The topological polar surface area (TPSA) is 0 Å². The normalized spacial score (nSPS) is 13.6. The van der Waals surface area contributed by atoms with Crippen molar-refractivity contribution < 1.29 is 17.6 Å². The smallest absolute Gasteiger partial charge is 0.206 e. The largest absolute Gasteiger partial charge is 0.419 e. The number of alkyl halides is 3. The molecule has 0 N–H and O–H groups in total. The van der Waals surface area contributed by atoms with Crippen molar-refractivity contribution in [3.8, 4) is 0 Å². The van der Waals surface area contributed by atoms with Crippen LogP contribution in [0.2, 0.25) is 0 Å². The standard InChI is InChI=1S/C15H20F4/c1-3-5-7-11(6-4-2)12-8-9-14(16)13(10-12)15(17,18)19/h8-11H,3-7H2,1-2H3. The minimum Gasteiger partial charge on any atom is -0.206 e. The van der Waals surface area contributed by atoms with E-state index in [9.17, 15) is 17.6 Å². The van der Waals surface area contributed by atoms with Crippen LogP contribution in [-0.4, -0.2) is 0 Å². The number of unbranched alkanes of at least 4 members (excludes halogenated alkanes) is 1. The first-order chi connectivity index (χ1) is 8.90. The summed E-state index contributed by atoms with van der Waals surface area (Å²) in [5.41, 5.74) is -0.549. The molecule has 0 spiro atoms. The van der Waals surface area contributed by atoms with Crippen LogP contribution in [0.1, 0.15) is 63.0 Å². The molecule has 4 heteroatoms. The third-order valence-corrected chi connectivity index (χ3v) is 3.31. The first kappa shape index (κ1) is 16.0. The van der Waals surface area contributed by atoms with Gasteiger partial charge in [0.25, 0.3) is 0 Å². The van der Waals surface area contributed by atoms with Crippen LogP contribution >= 0.6 is 0 Å². The zero-order valence-electron chi connectivity index (χ0n) is 11.4. The number of halogens is 4. The van der Waals surface area contributed by atoms with Crippen LogP contribution in [0.5, 0.6) is 0 Å². The van der Waals surface area contributed by atoms with Crippen molar-refractivity contribution in [2.75, 3.05) is 0 Å². The Morgan fingerprint density at radius 3 is 2.26 bits per heavy atom. The Hall–Kier alpha value is -1.06. The molecule has 108 valence electrons. The SMILES string of the molecule is CCCCC(CCC)c1ccc(F)c(C(F)(F)F)c1. The van der Waals surface area contributed by atoms with E-state index in [0.29, 0.717) is 5.56 Å². The van der Waals surface area contributed by atoms with E-state index in [1.54, 1.807) is 0 Å². The summed E-state index contributed by atoms with van der Waals surface area (Å²) in [6.07, 6.45) is -0.0398. The van der Waals surface area contributed by atoms with E-state index >= 15 is 0 Å². The fourth-order valence-electron chi connectivity index (χ4n) is 2.29. The van der Waals surface area contributed by atoms with Crippen molar-refractivity contribution in [1.82, 2.24) is 0 Å². The molecule has 19 heavy (non-hydrogen) atoms. The molecule has 0 heterocycles. The van der Waals surface area contributed by atoms with Crippen molar-refractivity contribution in [1.29, 1.82) is 0 Å². The summed E-state index contributed by atoms with van der Waals surface area (Å²) < 4.78 is 51.3. The average Bonchev–Trinajstić information content (AvgIpc) is 2.34. The summed E-state index contributed by atoms with van der Waals surface area (Å²) in [5.74, 6) is -1.10. The molecule has 0 bridgehead atoms. The van der Waals surface area contributed by atoms with E-state index in [0.717, 1.165) is 44.2 Å². The summed E-state index contributed by atoms with van der Waals surface area (Å²) in [6.45, 7) is 4.06. The van der Waals surface area contributed by atoms with Crippen molar-refractivity contribution >= 4 is 0 Å². The number of hydrogen-bond acceptors (Lipinski definition) is 0. The molecular formula is C15H20F4. The first-order valence-electron chi connectivity index (χ1n) is 6.76. The van der Waals surface area contributed by atoms with Crippen molar-refractivity contribution in [2.45, 2.75) is 58.0 Å².